The Kier molecular flexibility index (Phi) is 4.26. The molecular weight excluding hydrogens is 340 g/mol. The molecule has 0 aliphatic heterocycles. The van der Waals surface area contributed by atoms with Gasteiger partial charge in [0.05, 0.1) is 11.8 Å². The normalized spacial score (nSPS) is 11.4. The van der Waals surface area contributed by atoms with E-state index in [1.807, 2.05) is 20.8 Å². The zero-order chi connectivity index (χ0) is 15.6. The third kappa shape index (κ3) is 3.57. The van der Waals surface area contributed by atoms with Crippen LogP contribution in [0.1, 0.15) is 31.1 Å². The van der Waals surface area contributed by atoms with Gasteiger partial charge in [0.25, 0.3) is 12.4 Å². The molecule has 0 aliphatic rings. The van der Waals surface area contributed by atoms with Gasteiger partial charge in [-0.1, -0.05) is 0 Å². The first-order valence-corrected chi connectivity index (χ1v) is 7.00. The summed E-state index contributed by atoms with van der Waals surface area (Å²) >= 11 is 3.24. The van der Waals surface area contributed by atoms with Crippen LogP contribution in [0.25, 0.3) is 11.2 Å². The van der Waals surface area contributed by atoms with Crippen LogP contribution in [0.2, 0.25) is 0 Å². The molecule has 21 heavy (non-hydrogen) atoms. The van der Waals surface area contributed by atoms with E-state index in [0.717, 1.165) is 0 Å². The van der Waals surface area contributed by atoms with E-state index in [4.69, 9.17) is 4.74 Å². The topological polar surface area (TPSA) is 86.1 Å². The van der Waals surface area contributed by atoms with Gasteiger partial charge in [-0.15, -0.1) is 0 Å². The maximum atomic E-state index is 12.4. The lowest BCUT2D eigenvalue weighted by molar-refractivity contribution is -0.131. The standard InChI is InChI=1S/C13H15BrN4O3/c1-13(2,3)17-12(20)8-5-18(6-21-7-19)11-10(8)16-9(14)4-15-11/h4-5,7H,6H2,1-3H3,(H,17,20). The zero-order valence-corrected chi connectivity index (χ0v) is 13.5. The molecule has 0 saturated heterocycles. The van der Waals surface area contributed by atoms with Gasteiger partial charge in [0.1, 0.15) is 10.1 Å². The van der Waals surface area contributed by atoms with Crippen LogP contribution >= 0.6 is 15.9 Å². The van der Waals surface area contributed by atoms with Crippen molar-refractivity contribution in [2.75, 3.05) is 0 Å². The highest BCUT2D eigenvalue weighted by Gasteiger charge is 2.21. The average Bonchev–Trinajstić information content (AvgIpc) is 2.72. The number of hydrogen-bond donors (Lipinski definition) is 1. The first-order chi connectivity index (χ1) is 9.81. The van der Waals surface area contributed by atoms with Gasteiger partial charge in [-0.25, -0.2) is 9.97 Å². The maximum absolute atomic E-state index is 12.4. The van der Waals surface area contributed by atoms with Crippen LogP contribution < -0.4 is 5.32 Å². The first-order valence-electron chi connectivity index (χ1n) is 6.21. The third-order valence-electron chi connectivity index (χ3n) is 2.55. The number of amides is 1. The molecule has 0 aliphatic carbocycles. The van der Waals surface area contributed by atoms with Crippen molar-refractivity contribution in [1.82, 2.24) is 19.9 Å². The van der Waals surface area contributed by atoms with Crippen molar-refractivity contribution in [3.8, 4) is 0 Å². The Morgan fingerprint density at radius 2 is 2.24 bits per heavy atom. The maximum Gasteiger partial charge on any atom is 0.294 e. The minimum absolute atomic E-state index is 0.0287. The highest BCUT2D eigenvalue weighted by atomic mass is 79.9. The molecule has 2 aromatic heterocycles. The van der Waals surface area contributed by atoms with E-state index in [-0.39, 0.29) is 18.2 Å². The molecule has 0 saturated carbocycles. The van der Waals surface area contributed by atoms with Gasteiger partial charge in [0.15, 0.2) is 12.4 Å². The lowest BCUT2D eigenvalue weighted by atomic mass is 10.1. The molecule has 0 spiro atoms. The highest BCUT2D eigenvalue weighted by Crippen LogP contribution is 2.20. The second kappa shape index (κ2) is 5.80. The second-order valence-corrected chi connectivity index (χ2v) is 6.29. The number of carbonyl (C=O) groups excluding carboxylic acids is 2. The Labute approximate surface area is 129 Å². The van der Waals surface area contributed by atoms with E-state index in [0.29, 0.717) is 27.8 Å². The van der Waals surface area contributed by atoms with Gasteiger partial charge in [-0.3, -0.25) is 14.2 Å². The number of carbonyl (C=O) groups is 2. The summed E-state index contributed by atoms with van der Waals surface area (Å²) in [5.74, 6) is -0.259. The zero-order valence-electron chi connectivity index (χ0n) is 11.9. The highest BCUT2D eigenvalue weighted by molar-refractivity contribution is 9.10. The SMILES string of the molecule is CC(C)(C)NC(=O)c1cn(COC=O)c2ncc(Br)nc12. The molecule has 2 heterocycles. The fraction of sp³-hybridized carbons (Fsp3) is 0.385. The third-order valence-corrected chi connectivity index (χ3v) is 2.93. The van der Waals surface area contributed by atoms with E-state index < -0.39 is 0 Å². The number of nitrogens with one attached hydrogen (secondary N) is 1. The summed E-state index contributed by atoms with van der Waals surface area (Å²) in [6.45, 7) is 5.98. The molecule has 0 bridgehead atoms. The Morgan fingerprint density at radius 3 is 2.86 bits per heavy atom. The smallest absolute Gasteiger partial charge is 0.294 e. The van der Waals surface area contributed by atoms with Crippen molar-refractivity contribution >= 4 is 39.5 Å². The lowest BCUT2D eigenvalue weighted by Crippen LogP contribution is -2.40. The van der Waals surface area contributed by atoms with Gasteiger partial charge < -0.3 is 10.1 Å². The number of halogens is 1. The molecule has 0 unspecified atom stereocenters. The molecule has 0 atom stereocenters. The van der Waals surface area contributed by atoms with Gasteiger partial charge in [-0.05, 0) is 36.7 Å². The number of hydrogen-bond acceptors (Lipinski definition) is 5. The summed E-state index contributed by atoms with van der Waals surface area (Å²) in [5, 5.41) is 2.87. The number of rotatable bonds is 4. The number of ether oxygens (including phenoxy) is 1. The molecule has 2 rings (SSSR count). The van der Waals surface area contributed by atoms with Crippen molar-refractivity contribution in [2.45, 2.75) is 33.0 Å². The number of nitrogens with zero attached hydrogens (tertiary/aromatic N) is 3. The molecule has 7 nitrogen and oxygen atoms in total. The van der Waals surface area contributed by atoms with Gasteiger partial charge in [0.2, 0.25) is 0 Å². The van der Waals surface area contributed by atoms with Crippen LogP contribution in [0, 0.1) is 0 Å². The van der Waals surface area contributed by atoms with Crippen LogP contribution in [0.5, 0.6) is 0 Å². The van der Waals surface area contributed by atoms with E-state index in [9.17, 15) is 9.59 Å². The van der Waals surface area contributed by atoms with Crippen molar-refractivity contribution in [3.63, 3.8) is 0 Å². The molecule has 0 fully saturated rings. The Balaban J connectivity index is 2.49. The largest absolute Gasteiger partial charge is 0.446 e. The predicted molar refractivity (Wildman–Crippen MR) is 79.6 cm³/mol. The van der Waals surface area contributed by atoms with Crippen LogP contribution in [0.15, 0.2) is 17.0 Å². The van der Waals surface area contributed by atoms with Gasteiger partial charge in [-0.2, -0.15) is 0 Å². The lowest BCUT2D eigenvalue weighted by Gasteiger charge is -2.19. The molecule has 0 aromatic carbocycles. The van der Waals surface area contributed by atoms with E-state index in [1.165, 1.54) is 6.20 Å². The molecular formula is C13H15BrN4O3. The molecule has 8 heteroatoms. The molecule has 1 N–H and O–H groups in total. The molecule has 112 valence electrons. The van der Waals surface area contributed by atoms with E-state index >= 15 is 0 Å². The van der Waals surface area contributed by atoms with E-state index in [1.54, 1.807) is 10.8 Å². The summed E-state index contributed by atoms with van der Waals surface area (Å²) in [6, 6.07) is 0. The minimum atomic E-state index is -0.371. The van der Waals surface area contributed by atoms with Crippen molar-refractivity contribution < 1.29 is 14.3 Å². The Hall–Kier alpha value is -1.96. The van der Waals surface area contributed by atoms with Gasteiger partial charge in [0, 0.05) is 11.7 Å². The number of aromatic nitrogens is 3. The van der Waals surface area contributed by atoms with Crippen LogP contribution in [0.4, 0.5) is 0 Å². The van der Waals surface area contributed by atoms with Crippen LogP contribution in [-0.2, 0) is 16.3 Å². The Bertz CT molecular complexity index is 691. The average molecular weight is 355 g/mol. The fourth-order valence-electron chi connectivity index (χ4n) is 1.81. The summed E-state index contributed by atoms with van der Waals surface area (Å²) in [6.07, 6.45) is 3.09. The van der Waals surface area contributed by atoms with Gasteiger partial charge >= 0.3 is 0 Å². The first kappa shape index (κ1) is 15.4. The van der Waals surface area contributed by atoms with E-state index in [2.05, 4.69) is 31.2 Å². The Morgan fingerprint density at radius 1 is 1.52 bits per heavy atom. The minimum Gasteiger partial charge on any atom is -0.446 e. The predicted octanol–water partition coefficient (Wildman–Crippen LogP) is 1.85. The summed E-state index contributed by atoms with van der Waals surface area (Å²) < 4.78 is 6.80. The molecule has 2 aromatic rings. The van der Waals surface area contributed by atoms with Crippen molar-refractivity contribution in [2.24, 2.45) is 0 Å². The quantitative estimate of drug-likeness (QED) is 0.846. The summed E-state index contributed by atoms with van der Waals surface area (Å²) in [4.78, 5) is 31.2. The van der Waals surface area contributed by atoms with Crippen LogP contribution in [0.3, 0.4) is 0 Å². The van der Waals surface area contributed by atoms with Crippen molar-refractivity contribution in [3.05, 3.63) is 22.6 Å². The molecule has 0 radical (unpaired) electrons. The second-order valence-electron chi connectivity index (χ2n) is 5.47. The summed E-state index contributed by atoms with van der Waals surface area (Å²) in [7, 11) is 0. The van der Waals surface area contributed by atoms with Crippen LogP contribution in [-0.4, -0.2) is 32.5 Å². The monoisotopic (exact) mass is 354 g/mol. The summed E-state index contributed by atoms with van der Waals surface area (Å²) in [5.41, 5.74) is 0.924. The fourth-order valence-corrected chi connectivity index (χ4v) is 2.09. The van der Waals surface area contributed by atoms with Crippen molar-refractivity contribution in [1.29, 1.82) is 0 Å². The number of fused-ring (bicyclic) bond motifs is 1. The molecule has 1 amide bonds.